The van der Waals surface area contributed by atoms with E-state index in [2.05, 4.69) is 4.98 Å². The van der Waals surface area contributed by atoms with E-state index in [9.17, 15) is 13.2 Å². The van der Waals surface area contributed by atoms with Crippen LogP contribution >= 0.6 is 34.8 Å². The molecule has 3 aromatic carbocycles. The lowest BCUT2D eigenvalue weighted by atomic mass is 10.2. The van der Waals surface area contributed by atoms with Crippen molar-refractivity contribution in [3.63, 3.8) is 0 Å². The van der Waals surface area contributed by atoms with Gasteiger partial charge in [0.25, 0.3) is 0 Å². The van der Waals surface area contributed by atoms with Gasteiger partial charge in [0.15, 0.2) is 12.4 Å². The first-order valence-electron chi connectivity index (χ1n) is 9.28. The van der Waals surface area contributed by atoms with Crippen LogP contribution in [0.3, 0.4) is 0 Å². The Kier molecular flexibility index (Phi) is 6.45. The lowest BCUT2D eigenvalue weighted by Crippen LogP contribution is -2.09. The summed E-state index contributed by atoms with van der Waals surface area (Å²) in [6.07, 6.45) is 1.41. The number of benzene rings is 3. The fraction of sp³-hybridized carbons (Fsp3) is 0.0455. The van der Waals surface area contributed by atoms with Gasteiger partial charge in [-0.15, -0.1) is 0 Å². The Bertz CT molecular complexity index is 1440. The molecule has 0 unspecified atom stereocenters. The van der Waals surface area contributed by atoms with Crippen LogP contribution in [0.2, 0.25) is 15.1 Å². The number of aromatic nitrogens is 1. The van der Waals surface area contributed by atoms with Crippen molar-refractivity contribution in [1.82, 2.24) is 4.98 Å². The number of nitrogens with one attached hydrogen (secondary N) is 1. The molecule has 0 saturated heterocycles. The Morgan fingerprint density at radius 1 is 0.939 bits per heavy atom. The van der Waals surface area contributed by atoms with E-state index in [1.54, 1.807) is 18.2 Å². The molecule has 7 nitrogen and oxygen atoms in total. The summed E-state index contributed by atoms with van der Waals surface area (Å²) in [5, 5.41) is 9.75. The van der Waals surface area contributed by atoms with E-state index >= 15 is 0 Å². The largest absolute Gasteiger partial charge is 0.482 e. The van der Waals surface area contributed by atoms with Crippen LogP contribution in [0.4, 0.5) is 0 Å². The molecule has 170 valence electrons. The minimum absolute atomic E-state index is 0.0693. The zero-order valence-corrected chi connectivity index (χ0v) is 19.6. The number of hydrogen-bond acceptors (Lipinski definition) is 5. The van der Waals surface area contributed by atoms with Crippen molar-refractivity contribution in [2.45, 2.75) is 9.79 Å². The molecular weight excluding hydrogens is 513 g/mol. The summed E-state index contributed by atoms with van der Waals surface area (Å²) in [7, 11) is -3.83. The molecule has 0 fully saturated rings. The first-order valence-corrected chi connectivity index (χ1v) is 11.9. The molecule has 0 aliphatic heterocycles. The van der Waals surface area contributed by atoms with Crippen LogP contribution in [-0.4, -0.2) is 31.1 Å². The third-order valence-electron chi connectivity index (χ3n) is 4.58. The predicted molar refractivity (Wildman–Crippen MR) is 125 cm³/mol. The molecule has 11 heteroatoms. The normalized spacial score (nSPS) is 11.5. The van der Waals surface area contributed by atoms with Crippen molar-refractivity contribution in [3.8, 4) is 17.2 Å². The van der Waals surface area contributed by atoms with Crippen molar-refractivity contribution in [2.75, 3.05) is 6.61 Å². The maximum Gasteiger partial charge on any atom is 0.341 e. The van der Waals surface area contributed by atoms with Crippen LogP contribution in [0.5, 0.6) is 17.2 Å². The summed E-state index contributed by atoms with van der Waals surface area (Å²) in [4.78, 5) is 13.8. The molecular formula is C22H14Cl3NO6S. The molecule has 33 heavy (non-hydrogen) atoms. The maximum absolute atomic E-state index is 13.1. The molecule has 1 aromatic heterocycles. The standard InChI is InChI=1S/C22H14Cl3NO6S/c23-12-1-4-15(5-2-12)33(29,30)20-10-26-19-6-3-13(7-16(19)20)32-22-17(24)8-14(9-18(22)25)31-11-21(27)28/h1-10,26H,11H2,(H,27,28). The number of sulfone groups is 1. The van der Waals surface area contributed by atoms with Crippen molar-refractivity contribution in [1.29, 1.82) is 0 Å². The number of ether oxygens (including phenoxy) is 2. The van der Waals surface area contributed by atoms with Crippen LogP contribution in [-0.2, 0) is 14.6 Å². The fourth-order valence-corrected chi connectivity index (χ4v) is 5.17. The number of rotatable bonds is 7. The number of carbonyl (C=O) groups is 1. The number of fused-ring (bicyclic) bond motifs is 1. The summed E-state index contributed by atoms with van der Waals surface area (Å²) >= 11 is 18.4. The lowest BCUT2D eigenvalue weighted by molar-refractivity contribution is -0.139. The van der Waals surface area contributed by atoms with E-state index in [1.807, 2.05) is 0 Å². The average Bonchev–Trinajstić information content (AvgIpc) is 3.19. The van der Waals surface area contributed by atoms with Crippen LogP contribution in [0.15, 0.2) is 70.6 Å². The molecule has 4 rings (SSSR count). The number of aromatic amines is 1. The molecule has 0 spiro atoms. The van der Waals surface area contributed by atoms with Crippen molar-refractivity contribution in [3.05, 3.63) is 75.9 Å². The summed E-state index contributed by atoms with van der Waals surface area (Å²) in [5.41, 5.74) is 0.588. The van der Waals surface area contributed by atoms with E-state index in [0.29, 0.717) is 15.9 Å². The van der Waals surface area contributed by atoms with Crippen molar-refractivity contribution >= 4 is 61.5 Å². The van der Waals surface area contributed by atoms with Gasteiger partial charge in [-0.05, 0) is 42.5 Å². The van der Waals surface area contributed by atoms with Gasteiger partial charge in [0, 0.05) is 34.3 Å². The van der Waals surface area contributed by atoms with Crippen LogP contribution in [0.25, 0.3) is 10.9 Å². The third kappa shape index (κ3) is 4.89. The minimum Gasteiger partial charge on any atom is -0.482 e. The second kappa shape index (κ2) is 9.15. The van der Waals surface area contributed by atoms with Gasteiger partial charge in [-0.2, -0.15) is 0 Å². The monoisotopic (exact) mass is 525 g/mol. The van der Waals surface area contributed by atoms with Crippen LogP contribution in [0.1, 0.15) is 0 Å². The topological polar surface area (TPSA) is 106 Å². The van der Waals surface area contributed by atoms with E-state index in [0.717, 1.165) is 0 Å². The second-order valence-electron chi connectivity index (χ2n) is 6.82. The Hall–Kier alpha value is -2.91. The molecule has 0 saturated carbocycles. The van der Waals surface area contributed by atoms with E-state index in [1.165, 1.54) is 42.6 Å². The predicted octanol–water partition coefficient (Wildman–Crippen LogP) is 6.22. The Labute approximate surface area is 203 Å². The quantitative estimate of drug-likeness (QED) is 0.296. The average molecular weight is 527 g/mol. The molecule has 0 amide bonds. The Balaban J connectivity index is 1.68. The highest BCUT2D eigenvalue weighted by molar-refractivity contribution is 7.91. The third-order valence-corrected chi connectivity index (χ3v) is 7.21. The maximum atomic E-state index is 13.1. The molecule has 0 aliphatic carbocycles. The van der Waals surface area contributed by atoms with E-state index in [4.69, 9.17) is 49.4 Å². The smallest absolute Gasteiger partial charge is 0.341 e. The number of carboxylic acids is 1. The van der Waals surface area contributed by atoms with E-state index < -0.39 is 22.4 Å². The van der Waals surface area contributed by atoms with Gasteiger partial charge in [0.2, 0.25) is 9.84 Å². The zero-order valence-electron chi connectivity index (χ0n) is 16.5. The molecule has 2 N–H and O–H groups in total. The van der Waals surface area contributed by atoms with Gasteiger partial charge in [-0.25, -0.2) is 13.2 Å². The van der Waals surface area contributed by atoms with Crippen LogP contribution < -0.4 is 9.47 Å². The fourth-order valence-electron chi connectivity index (χ4n) is 3.08. The summed E-state index contributed by atoms with van der Waals surface area (Å²) in [5.74, 6) is -0.584. The van der Waals surface area contributed by atoms with Gasteiger partial charge in [-0.1, -0.05) is 34.8 Å². The first kappa shape index (κ1) is 23.3. The molecule has 4 aromatic rings. The van der Waals surface area contributed by atoms with Gasteiger partial charge in [0.05, 0.1) is 19.8 Å². The Morgan fingerprint density at radius 3 is 2.24 bits per heavy atom. The summed E-state index contributed by atoms with van der Waals surface area (Å²) in [6, 6.07) is 13.5. The van der Waals surface area contributed by atoms with E-state index in [-0.39, 0.29) is 37.1 Å². The number of aliphatic carboxylic acids is 1. The van der Waals surface area contributed by atoms with Crippen molar-refractivity contribution < 1.29 is 27.8 Å². The van der Waals surface area contributed by atoms with Crippen molar-refractivity contribution in [2.24, 2.45) is 0 Å². The zero-order chi connectivity index (χ0) is 23.8. The highest BCUT2D eigenvalue weighted by Gasteiger charge is 2.22. The minimum atomic E-state index is -3.83. The number of carboxylic acid groups (broad SMARTS) is 1. The van der Waals surface area contributed by atoms with Crippen LogP contribution in [0, 0.1) is 0 Å². The molecule has 0 atom stereocenters. The SMILES string of the molecule is O=C(O)COc1cc(Cl)c(Oc2ccc3[nH]cc(S(=O)(=O)c4ccc(Cl)cc4)c3c2)c(Cl)c1. The molecule has 1 heterocycles. The first-order chi connectivity index (χ1) is 15.6. The summed E-state index contributed by atoms with van der Waals surface area (Å²) in [6.45, 7) is -0.554. The number of halogens is 3. The molecule has 0 bridgehead atoms. The lowest BCUT2D eigenvalue weighted by Gasteiger charge is -2.12. The Morgan fingerprint density at radius 2 is 1.61 bits per heavy atom. The number of hydrogen-bond donors (Lipinski definition) is 2. The molecule has 0 radical (unpaired) electrons. The second-order valence-corrected chi connectivity index (χ2v) is 9.99. The highest BCUT2D eigenvalue weighted by Crippen LogP contribution is 2.40. The molecule has 0 aliphatic rings. The van der Waals surface area contributed by atoms with Gasteiger partial charge >= 0.3 is 5.97 Å². The van der Waals surface area contributed by atoms with Gasteiger partial charge in [-0.3, -0.25) is 0 Å². The van der Waals surface area contributed by atoms with Gasteiger partial charge < -0.3 is 19.6 Å². The van der Waals surface area contributed by atoms with Gasteiger partial charge in [0.1, 0.15) is 11.5 Å². The highest BCUT2D eigenvalue weighted by atomic mass is 35.5. The number of H-pyrrole nitrogens is 1. The summed E-state index contributed by atoms with van der Waals surface area (Å²) < 4.78 is 37.2.